The number of anilines is 1. The lowest BCUT2D eigenvalue weighted by atomic mass is 10.2. The number of hydrogen-bond donors (Lipinski definition) is 0. The van der Waals surface area contributed by atoms with E-state index in [2.05, 4.69) is 9.72 Å². The number of carbonyl (C=O) groups excluding carboxylic acids is 1. The number of alkyl halides is 3. The Morgan fingerprint density at radius 2 is 1.84 bits per heavy atom. The third-order valence-corrected chi connectivity index (χ3v) is 6.49. The maximum absolute atomic E-state index is 13.3. The summed E-state index contributed by atoms with van der Waals surface area (Å²) in [6.45, 7) is 0.719. The minimum Gasteiger partial charge on any atom is -0.406 e. The molecule has 0 N–H and O–H groups in total. The largest absolute Gasteiger partial charge is 0.573 e. The summed E-state index contributed by atoms with van der Waals surface area (Å²) in [5.74, 6) is -0.851. The summed E-state index contributed by atoms with van der Waals surface area (Å²) in [7, 11) is 0.138. The Labute approximate surface area is 187 Å². The lowest BCUT2D eigenvalue weighted by molar-refractivity contribution is -0.274. The SMILES string of the molecule is CN(C)CCN(C(=O)c1cccc(S(C)(=O)=O)c1)c1nc2ccc(OC(F)(F)F)cc2s1. The molecule has 7 nitrogen and oxygen atoms in total. The summed E-state index contributed by atoms with van der Waals surface area (Å²) < 4.78 is 65.7. The predicted molar refractivity (Wildman–Crippen MR) is 116 cm³/mol. The molecule has 32 heavy (non-hydrogen) atoms. The fourth-order valence-corrected chi connectivity index (χ4v) is 4.49. The summed E-state index contributed by atoms with van der Waals surface area (Å²) in [6, 6.07) is 9.42. The van der Waals surface area contributed by atoms with Crippen molar-refractivity contribution in [1.82, 2.24) is 9.88 Å². The van der Waals surface area contributed by atoms with Crippen LogP contribution in [0.2, 0.25) is 0 Å². The minimum atomic E-state index is -4.82. The van der Waals surface area contributed by atoms with Crippen LogP contribution >= 0.6 is 11.3 Å². The molecule has 3 rings (SSSR count). The lowest BCUT2D eigenvalue weighted by Crippen LogP contribution is -2.36. The zero-order valence-corrected chi connectivity index (χ0v) is 19.0. The number of aromatic nitrogens is 1. The lowest BCUT2D eigenvalue weighted by Gasteiger charge is -2.22. The molecule has 0 fully saturated rings. The highest BCUT2D eigenvalue weighted by Gasteiger charge is 2.31. The molecule has 0 aliphatic heterocycles. The van der Waals surface area contributed by atoms with Crippen LogP contribution in [0.25, 0.3) is 10.2 Å². The van der Waals surface area contributed by atoms with Gasteiger partial charge in [0.05, 0.1) is 15.1 Å². The number of rotatable bonds is 7. The van der Waals surface area contributed by atoms with E-state index >= 15 is 0 Å². The number of thiazole rings is 1. The van der Waals surface area contributed by atoms with E-state index in [-0.39, 0.29) is 27.9 Å². The fraction of sp³-hybridized carbons (Fsp3) is 0.300. The van der Waals surface area contributed by atoms with E-state index in [9.17, 15) is 26.4 Å². The quantitative estimate of drug-likeness (QED) is 0.504. The standard InChI is InChI=1S/C20H20F3N3O4S2/c1-25(2)9-10-26(18(27)13-5-4-6-15(11-13)32(3,28)29)19-24-16-8-7-14(12-17(16)31-19)30-20(21,22)23/h4-8,11-12H,9-10H2,1-3H3. The van der Waals surface area contributed by atoms with Crippen LogP contribution in [0, 0.1) is 0 Å². The van der Waals surface area contributed by atoms with Gasteiger partial charge in [0.25, 0.3) is 5.91 Å². The van der Waals surface area contributed by atoms with Crippen molar-refractivity contribution in [2.75, 3.05) is 38.3 Å². The minimum absolute atomic E-state index is 0.00847. The van der Waals surface area contributed by atoms with Gasteiger partial charge in [0.2, 0.25) is 0 Å². The number of nitrogens with zero attached hydrogens (tertiary/aromatic N) is 3. The van der Waals surface area contributed by atoms with Gasteiger partial charge in [0.1, 0.15) is 5.75 Å². The van der Waals surface area contributed by atoms with Gasteiger partial charge in [-0.3, -0.25) is 9.69 Å². The van der Waals surface area contributed by atoms with Crippen molar-refractivity contribution in [3.8, 4) is 5.75 Å². The number of halogens is 3. The molecule has 0 spiro atoms. The van der Waals surface area contributed by atoms with Gasteiger partial charge >= 0.3 is 6.36 Å². The molecule has 1 aromatic heterocycles. The van der Waals surface area contributed by atoms with Gasteiger partial charge < -0.3 is 9.64 Å². The van der Waals surface area contributed by atoms with E-state index in [0.29, 0.717) is 16.8 Å². The Balaban J connectivity index is 2.00. The molecule has 0 radical (unpaired) electrons. The van der Waals surface area contributed by atoms with Crippen molar-refractivity contribution < 1.29 is 31.1 Å². The first kappa shape index (κ1) is 24.0. The van der Waals surface area contributed by atoms with Crippen LogP contribution in [0.15, 0.2) is 47.4 Å². The second-order valence-electron chi connectivity index (χ2n) is 7.23. The average molecular weight is 488 g/mol. The monoisotopic (exact) mass is 487 g/mol. The van der Waals surface area contributed by atoms with E-state index in [0.717, 1.165) is 23.7 Å². The number of fused-ring (bicyclic) bond motifs is 1. The molecule has 0 unspecified atom stereocenters. The first-order valence-corrected chi connectivity index (χ1v) is 12.0. The van der Waals surface area contributed by atoms with Crippen molar-refractivity contribution in [1.29, 1.82) is 0 Å². The van der Waals surface area contributed by atoms with Crippen molar-refractivity contribution in [2.24, 2.45) is 0 Å². The predicted octanol–water partition coefficient (Wildman–Crippen LogP) is 3.81. The molecular formula is C20H20F3N3O4S2. The van der Waals surface area contributed by atoms with E-state index in [1.807, 2.05) is 19.0 Å². The van der Waals surface area contributed by atoms with Gasteiger partial charge in [-0.1, -0.05) is 17.4 Å². The molecule has 3 aromatic rings. The highest BCUT2D eigenvalue weighted by molar-refractivity contribution is 7.90. The number of carbonyl (C=O) groups is 1. The average Bonchev–Trinajstić information content (AvgIpc) is 3.08. The zero-order chi connectivity index (χ0) is 23.7. The Kier molecular flexibility index (Phi) is 6.77. The van der Waals surface area contributed by atoms with Crippen molar-refractivity contribution in [3.63, 3.8) is 0 Å². The summed E-state index contributed by atoms with van der Waals surface area (Å²) in [6.07, 6.45) is -3.77. The summed E-state index contributed by atoms with van der Waals surface area (Å²) in [4.78, 5) is 20.9. The first-order valence-electron chi connectivity index (χ1n) is 9.26. The Bertz CT molecular complexity index is 1240. The Hall–Kier alpha value is -2.70. The molecule has 0 aliphatic carbocycles. The first-order chi connectivity index (χ1) is 14.8. The summed E-state index contributed by atoms with van der Waals surface area (Å²) >= 11 is 1.04. The highest BCUT2D eigenvalue weighted by Crippen LogP contribution is 2.34. The van der Waals surface area contributed by atoms with Gasteiger partial charge in [0.15, 0.2) is 15.0 Å². The Morgan fingerprint density at radius 1 is 1.12 bits per heavy atom. The molecule has 0 bridgehead atoms. The van der Waals surface area contributed by atoms with Crippen LogP contribution in [-0.2, 0) is 9.84 Å². The molecule has 0 aliphatic rings. The topological polar surface area (TPSA) is 79.8 Å². The number of ether oxygens (including phenoxy) is 1. The maximum atomic E-state index is 13.3. The van der Waals surface area contributed by atoms with Crippen LogP contribution in [0.1, 0.15) is 10.4 Å². The fourth-order valence-electron chi connectivity index (χ4n) is 2.81. The van der Waals surface area contributed by atoms with Crippen LogP contribution in [0.5, 0.6) is 5.75 Å². The molecule has 172 valence electrons. The number of sulfone groups is 1. The van der Waals surface area contributed by atoms with Crippen LogP contribution in [-0.4, -0.2) is 64.0 Å². The van der Waals surface area contributed by atoms with E-state index < -0.39 is 22.1 Å². The zero-order valence-electron chi connectivity index (χ0n) is 17.4. The molecule has 12 heteroatoms. The molecule has 0 saturated carbocycles. The molecule has 1 amide bonds. The molecule has 2 aromatic carbocycles. The molecule has 1 heterocycles. The molecular weight excluding hydrogens is 467 g/mol. The third-order valence-electron chi connectivity index (χ3n) is 4.34. The number of benzene rings is 2. The number of hydrogen-bond acceptors (Lipinski definition) is 7. The van der Waals surface area contributed by atoms with Crippen LogP contribution < -0.4 is 9.64 Å². The van der Waals surface area contributed by atoms with Gasteiger partial charge in [-0.15, -0.1) is 13.2 Å². The van der Waals surface area contributed by atoms with Crippen molar-refractivity contribution in [3.05, 3.63) is 48.0 Å². The molecule has 0 atom stereocenters. The van der Waals surface area contributed by atoms with Crippen LogP contribution in [0.3, 0.4) is 0 Å². The summed E-state index contributed by atoms with van der Waals surface area (Å²) in [5, 5.41) is 0.278. The number of amides is 1. The van der Waals surface area contributed by atoms with Crippen molar-refractivity contribution in [2.45, 2.75) is 11.3 Å². The number of likely N-dealkylation sites (N-methyl/N-ethyl adjacent to an activating group) is 1. The van der Waals surface area contributed by atoms with Gasteiger partial charge in [-0.05, 0) is 44.4 Å². The molecule has 0 saturated heterocycles. The van der Waals surface area contributed by atoms with Crippen LogP contribution in [0.4, 0.5) is 18.3 Å². The van der Waals surface area contributed by atoms with Gasteiger partial charge in [0, 0.05) is 31.0 Å². The van der Waals surface area contributed by atoms with E-state index in [4.69, 9.17) is 0 Å². The van der Waals surface area contributed by atoms with Gasteiger partial charge in [-0.25, -0.2) is 13.4 Å². The third kappa shape index (κ3) is 5.96. The second-order valence-corrected chi connectivity index (χ2v) is 10.3. The second kappa shape index (κ2) is 9.04. The van der Waals surface area contributed by atoms with E-state index in [1.54, 1.807) is 0 Å². The highest BCUT2D eigenvalue weighted by atomic mass is 32.2. The van der Waals surface area contributed by atoms with Crippen molar-refractivity contribution >= 4 is 42.4 Å². The maximum Gasteiger partial charge on any atom is 0.573 e. The van der Waals surface area contributed by atoms with Gasteiger partial charge in [-0.2, -0.15) is 0 Å². The smallest absolute Gasteiger partial charge is 0.406 e. The normalized spacial score (nSPS) is 12.3. The summed E-state index contributed by atoms with van der Waals surface area (Å²) in [5.41, 5.74) is 0.569. The Morgan fingerprint density at radius 3 is 2.47 bits per heavy atom. The van der Waals surface area contributed by atoms with E-state index in [1.165, 1.54) is 41.3 Å².